The molecule has 3 aromatic rings. The Bertz CT molecular complexity index is 757. The number of furan rings is 1. The summed E-state index contributed by atoms with van der Waals surface area (Å²) in [6.07, 6.45) is 0. The molecule has 0 aliphatic carbocycles. The van der Waals surface area contributed by atoms with Crippen LogP contribution in [0.25, 0.3) is 22.1 Å². The summed E-state index contributed by atoms with van der Waals surface area (Å²) >= 11 is 6.04. The Morgan fingerprint density at radius 2 is 1.84 bits per heavy atom. The normalized spacial score (nSPS) is 10.8. The van der Waals surface area contributed by atoms with E-state index in [1.165, 1.54) is 6.92 Å². The summed E-state index contributed by atoms with van der Waals surface area (Å²) < 4.78 is 5.66. The van der Waals surface area contributed by atoms with Crippen molar-refractivity contribution in [1.29, 1.82) is 0 Å². The number of carbonyl (C=O) groups is 1. The van der Waals surface area contributed by atoms with Gasteiger partial charge in [0.25, 0.3) is 0 Å². The summed E-state index contributed by atoms with van der Waals surface area (Å²) in [4.78, 5) is 11.8. The lowest BCUT2D eigenvalue weighted by molar-refractivity contribution is 0.0990. The van der Waals surface area contributed by atoms with Crippen molar-refractivity contribution in [3.05, 3.63) is 59.3 Å². The molecule has 0 unspecified atom stereocenters. The predicted octanol–water partition coefficient (Wildman–Crippen LogP) is 4.96. The van der Waals surface area contributed by atoms with Crippen LogP contribution < -0.4 is 0 Å². The quantitative estimate of drug-likeness (QED) is 0.616. The highest BCUT2D eigenvalue weighted by atomic mass is 35.5. The van der Waals surface area contributed by atoms with Gasteiger partial charge in [-0.05, 0) is 23.8 Å². The van der Waals surface area contributed by atoms with Gasteiger partial charge in [0.1, 0.15) is 5.58 Å². The molecule has 94 valence electrons. The number of ketones is 1. The van der Waals surface area contributed by atoms with E-state index in [0.29, 0.717) is 16.4 Å². The van der Waals surface area contributed by atoms with Gasteiger partial charge < -0.3 is 4.42 Å². The van der Waals surface area contributed by atoms with Gasteiger partial charge in [-0.2, -0.15) is 0 Å². The molecule has 0 radical (unpaired) electrons. The number of fused-ring (bicyclic) bond motifs is 1. The molecular weight excluding hydrogens is 260 g/mol. The molecule has 0 amide bonds. The molecular formula is C16H11ClO2. The van der Waals surface area contributed by atoms with Crippen LogP contribution in [-0.4, -0.2) is 5.78 Å². The first kappa shape index (κ1) is 12.0. The highest BCUT2D eigenvalue weighted by Crippen LogP contribution is 2.36. The average molecular weight is 271 g/mol. The molecule has 19 heavy (non-hydrogen) atoms. The van der Waals surface area contributed by atoms with Crippen LogP contribution in [0.5, 0.6) is 0 Å². The lowest BCUT2D eigenvalue weighted by Crippen LogP contribution is -1.91. The van der Waals surface area contributed by atoms with Crippen molar-refractivity contribution < 1.29 is 9.21 Å². The lowest BCUT2D eigenvalue weighted by Gasteiger charge is -2.00. The van der Waals surface area contributed by atoms with Crippen LogP contribution in [0, 0.1) is 0 Å². The molecule has 0 saturated heterocycles. The molecule has 0 spiro atoms. The number of Topliss-reactive ketones (excluding diaryl/α,β-unsaturated/α-hetero) is 1. The monoisotopic (exact) mass is 270 g/mol. The third-order valence-corrected chi connectivity index (χ3v) is 3.27. The Morgan fingerprint density at radius 3 is 2.53 bits per heavy atom. The van der Waals surface area contributed by atoms with Gasteiger partial charge in [0.2, 0.25) is 0 Å². The molecule has 0 aliphatic rings. The van der Waals surface area contributed by atoms with Crippen molar-refractivity contribution in [3.8, 4) is 11.1 Å². The first-order valence-electron chi connectivity index (χ1n) is 5.95. The van der Waals surface area contributed by atoms with Crippen molar-refractivity contribution in [2.24, 2.45) is 0 Å². The summed E-state index contributed by atoms with van der Waals surface area (Å²) in [5.74, 6) is 0.287. The van der Waals surface area contributed by atoms with Gasteiger partial charge in [0.05, 0.1) is 0 Å². The Hall–Kier alpha value is -2.06. The molecule has 1 heterocycles. The number of carbonyl (C=O) groups excluding carboxylic acids is 1. The van der Waals surface area contributed by atoms with Gasteiger partial charge in [0.15, 0.2) is 11.5 Å². The third-order valence-electron chi connectivity index (χ3n) is 3.03. The van der Waals surface area contributed by atoms with E-state index in [9.17, 15) is 4.79 Å². The predicted molar refractivity (Wildman–Crippen MR) is 76.7 cm³/mol. The minimum absolute atomic E-state index is 0.0915. The van der Waals surface area contributed by atoms with Gasteiger partial charge in [0, 0.05) is 22.9 Å². The van der Waals surface area contributed by atoms with E-state index in [1.54, 1.807) is 12.1 Å². The maximum Gasteiger partial charge on any atom is 0.195 e. The van der Waals surface area contributed by atoms with Gasteiger partial charge in [-0.1, -0.05) is 41.9 Å². The molecule has 0 fully saturated rings. The first-order chi connectivity index (χ1) is 9.16. The van der Waals surface area contributed by atoms with E-state index in [0.717, 1.165) is 16.5 Å². The summed E-state index contributed by atoms with van der Waals surface area (Å²) in [5.41, 5.74) is 2.44. The van der Waals surface area contributed by atoms with E-state index < -0.39 is 0 Å². The second-order valence-corrected chi connectivity index (χ2v) is 4.81. The fourth-order valence-electron chi connectivity index (χ4n) is 2.21. The molecule has 2 aromatic carbocycles. The molecule has 3 heteroatoms. The lowest BCUT2D eigenvalue weighted by atomic mass is 10.0. The fourth-order valence-corrected chi connectivity index (χ4v) is 2.38. The zero-order valence-electron chi connectivity index (χ0n) is 10.3. The van der Waals surface area contributed by atoms with Gasteiger partial charge >= 0.3 is 0 Å². The van der Waals surface area contributed by atoms with E-state index in [-0.39, 0.29) is 5.78 Å². The van der Waals surface area contributed by atoms with Crippen LogP contribution in [0.3, 0.4) is 0 Å². The largest absolute Gasteiger partial charge is 0.452 e. The van der Waals surface area contributed by atoms with Crippen LogP contribution >= 0.6 is 11.6 Å². The molecule has 2 nitrogen and oxygen atoms in total. The van der Waals surface area contributed by atoms with Crippen molar-refractivity contribution in [3.63, 3.8) is 0 Å². The molecule has 0 atom stereocenters. The first-order valence-corrected chi connectivity index (χ1v) is 6.33. The van der Waals surface area contributed by atoms with Gasteiger partial charge in [-0.15, -0.1) is 0 Å². The number of halogens is 1. The van der Waals surface area contributed by atoms with Crippen LogP contribution in [0.2, 0.25) is 5.02 Å². The number of benzene rings is 2. The summed E-state index contributed by atoms with van der Waals surface area (Å²) in [6.45, 7) is 1.51. The van der Waals surface area contributed by atoms with E-state index >= 15 is 0 Å². The topological polar surface area (TPSA) is 30.2 Å². The molecule has 3 rings (SSSR count). The summed E-state index contributed by atoms with van der Waals surface area (Å²) in [6, 6.07) is 15.1. The molecule has 0 bridgehead atoms. The van der Waals surface area contributed by atoms with Crippen LogP contribution in [-0.2, 0) is 0 Å². The van der Waals surface area contributed by atoms with Crippen LogP contribution in [0.1, 0.15) is 17.5 Å². The van der Waals surface area contributed by atoms with Crippen molar-refractivity contribution in [1.82, 2.24) is 0 Å². The second-order valence-electron chi connectivity index (χ2n) is 4.37. The Morgan fingerprint density at radius 1 is 1.11 bits per heavy atom. The van der Waals surface area contributed by atoms with Crippen molar-refractivity contribution in [2.45, 2.75) is 6.92 Å². The number of hydrogen-bond donors (Lipinski definition) is 0. The summed E-state index contributed by atoms with van der Waals surface area (Å²) in [7, 11) is 0. The zero-order chi connectivity index (χ0) is 13.4. The average Bonchev–Trinajstić information content (AvgIpc) is 2.78. The fraction of sp³-hybridized carbons (Fsp3) is 0.0625. The minimum Gasteiger partial charge on any atom is -0.452 e. The maximum absolute atomic E-state index is 11.8. The van der Waals surface area contributed by atoms with Gasteiger partial charge in [-0.3, -0.25) is 4.79 Å². The molecule has 1 aromatic heterocycles. The second kappa shape index (κ2) is 4.56. The van der Waals surface area contributed by atoms with E-state index in [2.05, 4.69) is 0 Å². The molecule has 0 saturated carbocycles. The van der Waals surface area contributed by atoms with Crippen molar-refractivity contribution >= 4 is 28.4 Å². The summed E-state index contributed by atoms with van der Waals surface area (Å²) in [5, 5.41) is 1.49. The third kappa shape index (κ3) is 2.04. The Kier molecular flexibility index (Phi) is 2.88. The van der Waals surface area contributed by atoms with Crippen LogP contribution in [0.15, 0.2) is 52.9 Å². The number of rotatable bonds is 2. The van der Waals surface area contributed by atoms with E-state index in [1.807, 2.05) is 36.4 Å². The van der Waals surface area contributed by atoms with E-state index in [4.69, 9.17) is 16.0 Å². The minimum atomic E-state index is -0.0915. The zero-order valence-corrected chi connectivity index (χ0v) is 11.1. The highest BCUT2D eigenvalue weighted by Gasteiger charge is 2.19. The van der Waals surface area contributed by atoms with Crippen molar-refractivity contribution in [2.75, 3.05) is 0 Å². The molecule has 0 N–H and O–H groups in total. The maximum atomic E-state index is 11.8. The highest BCUT2D eigenvalue weighted by molar-refractivity contribution is 6.31. The molecule has 0 aliphatic heterocycles. The smallest absolute Gasteiger partial charge is 0.195 e. The van der Waals surface area contributed by atoms with Gasteiger partial charge in [-0.25, -0.2) is 0 Å². The Labute approximate surface area is 115 Å². The Balaban J connectivity index is 2.40. The SMILES string of the molecule is CC(=O)c1oc2ccc(Cl)cc2c1-c1ccccc1. The van der Waals surface area contributed by atoms with Crippen LogP contribution in [0.4, 0.5) is 0 Å². The number of hydrogen-bond acceptors (Lipinski definition) is 2. The standard InChI is InChI=1S/C16H11ClO2/c1-10(18)16-15(11-5-3-2-4-6-11)13-9-12(17)7-8-14(13)19-16/h2-9H,1H3.